The lowest BCUT2D eigenvalue weighted by atomic mass is 10.00. The molecule has 1 aromatic rings. The average molecular weight is 559 g/mol. The van der Waals surface area contributed by atoms with E-state index in [0.29, 0.717) is 11.8 Å². The Kier molecular flexibility index (Phi) is 25.2. The van der Waals surface area contributed by atoms with E-state index in [1.165, 1.54) is 185 Å². The molecule has 1 unspecified atom stereocenters. The second kappa shape index (κ2) is 27.1. The van der Waals surface area contributed by atoms with Crippen LogP contribution in [-0.2, 0) is 6.54 Å². The van der Waals surface area contributed by atoms with E-state index in [2.05, 4.69) is 45.4 Å². The number of nitrogens with zero attached hydrogens (tertiary/aromatic N) is 2. The molecule has 40 heavy (non-hydrogen) atoms. The lowest BCUT2D eigenvalue weighted by Crippen LogP contribution is -2.07. The van der Waals surface area contributed by atoms with Crippen molar-refractivity contribution in [2.24, 2.45) is 0 Å². The van der Waals surface area contributed by atoms with Gasteiger partial charge in [-0.15, -0.1) is 0 Å². The van der Waals surface area contributed by atoms with Gasteiger partial charge >= 0.3 is 0 Å². The zero-order valence-corrected chi connectivity index (χ0v) is 28.4. The summed E-state index contributed by atoms with van der Waals surface area (Å²) < 4.78 is 2.53. The van der Waals surface area contributed by atoms with Crippen molar-refractivity contribution >= 4 is 0 Å². The van der Waals surface area contributed by atoms with Crippen LogP contribution in [0.5, 0.6) is 0 Å². The highest BCUT2D eigenvalue weighted by molar-refractivity contribution is 5.11. The molecular formula is C38H74N2. The number of hydrogen-bond donors (Lipinski definition) is 0. The van der Waals surface area contributed by atoms with E-state index in [4.69, 9.17) is 4.98 Å². The summed E-state index contributed by atoms with van der Waals surface area (Å²) in [6.45, 7) is 12.8. The van der Waals surface area contributed by atoms with Gasteiger partial charge in [0.15, 0.2) is 0 Å². The van der Waals surface area contributed by atoms with E-state index in [1.807, 2.05) is 0 Å². The molecule has 0 aromatic carbocycles. The van der Waals surface area contributed by atoms with E-state index in [0.717, 1.165) is 6.54 Å². The molecule has 1 heterocycles. The molecule has 2 nitrogen and oxygen atoms in total. The Balaban J connectivity index is 2.12. The standard InChI is InChI=1S/C38H74N2/c1-6-8-10-12-14-16-18-19-20-21-22-24-26-28-30-32-36(5)38-39-37(35(3)4)34-40(38)33-31-29-27-25-23-17-15-13-11-9-7-2/h34-36H,6-33H2,1-5H3. The molecular weight excluding hydrogens is 484 g/mol. The third kappa shape index (κ3) is 20.1. The summed E-state index contributed by atoms with van der Waals surface area (Å²) in [6, 6.07) is 0. The third-order valence-electron chi connectivity index (χ3n) is 9.10. The number of rotatable bonds is 30. The van der Waals surface area contributed by atoms with Crippen LogP contribution in [-0.4, -0.2) is 9.55 Å². The smallest absolute Gasteiger partial charge is 0.111 e. The maximum atomic E-state index is 5.13. The van der Waals surface area contributed by atoms with Crippen molar-refractivity contribution in [1.82, 2.24) is 9.55 Å². The van der Waals surface area contributed by atoms with Crippen molar-refractivity contribution < 1.29 is 0 Å². The van der Waals surface area contributed by atoms with Crippen LogP contribution < -0.4 is 0 Å². The summed E-state index contributed by atoms with van der Waals surface area (Å²) in [5, 5.41) is 0. The Hall–Kier alpha value is -0.790. The monoisotopic (exact) mass is 559 g/mol. The fourth-order valence-corrected chi connectivity index (χ4v) is 6.20. The Bertz CT molecular complexity index is 646. The second-order valence-corrected chi connectivity index (χ2v) is 13.5. The SMILES string of the molecule is CCCCCCCCCCCCCCCCCC(C)c1nc(C(C)C)cn1CCCCCCCCCCCCC. The first kappa shape index (κ1) is 37.2. The number of hydrogen-bond acceptors (Lipinski definition) is 1. The fourth-order valence-electron chi connectivity index (χ4n) is 6.20. The molecule has 0 amide bonds. The first-order chi connectivity index (χ1) is 19.6. The van der Waals surface area contributed by atoms with E-state index in [9.17, 15) is 0 Å². The van der Waals surface area contributed by atoms with Gasteiger partial charge in [-0.05, 0) is 18.8 Å². The first-order valence-corrected chi connectivity index (χ1v) is 18.7. The zero-order chi connectivity index (χ0) is 29.1. The van der Waals surface area contributed by atoms with Crippen LogP contribution in [0.1, 0.15) is 231 Å². The van der Waals surface area contributed by atoms with Crippen LogP contribution in [0, 0.1) is 0 Å². The van der Waals surface area contributed by atoms with Crippen LogP contribution in [0.25, 0.3) is 0 Å². The molecule has 0 aliphatic carbocycles. The highest BCUT2D eigenvalue weighted by Crippen LogP contribution is 2.25. The molecule has 1 aromatic heterocycles. The minimum Gasteiger partial charge on any atom is -0.334 e. The minimum atomic E-state index is 0.523. The van der Waals surface area contributed by atoms with E-state index < -0.39 is 0 Å². The number of aryl methyl sites for hydroxylation is 1. The fraction of sp³-hybridized carbons (Fsp3) is 0.921. The van der Waals surface area contributed by atoms with Crippen molar-refractivity contribution in [2.75, 3.05) is 0 Å². The second-order valence-electron chi connectivity index (χ2n) is 13.5. The lowest BCUT2D eigenvalue weighted by Gasteiger charge is -2.14. The molecule has 1 rings (SSSR count). The summed E-state index contributed by atoms with van der Waals surface area (Å²) in [5.41, 5.74) is 1.29. The summed E-state index contributed by atoms with van der Waals surface area (Å²) in [5.74, 6) is 2.47. The quantitative estimate of drug-likeness (QED) is 0.0858. The number of unbranched alkanes of at least 4 members (excludes halogenated alkanes) is 24. The maximum Gasteiger partial charge on any atom is 0.111 e. The van der Waals surface area contributed by atoms with Gasteiger partial charge in [0.25, 0.3) is 0 Å². The van der Waals surface area contributed by atoms with Crippen molar-refractivity contribution in [3.63, 3.8) is 0 Å². The molecule has 0 spiro atoms. The molecule has 0 saturated heterocycles. The summed E-state index contributed by atoms with van der Waals surface area (Å²) in [4.78, 5) is 5.13. The van der Waals surface area contributed by atoms with E-state index in [-0.39, 0.29) is 0 Å². The van der Waals surface area contributed by atoms with Gasteiger partial charge < -0.3 is 4.57 Å². The molecule has 0 N–H and O–H groups in total. The van der Waals surface area contributed by atoms with E-state index in [1.54, 1.807) is 0 Å². The summed E-state index contributed by atoms with van der Waals surface area (Å²) in [7, 11) is 0. The zero-order valence-electron chi connectivity index (χ0n) is 28.4. The number of imidazole rings is 1. The largest absolute Gasteiger partial charge is 0.334 e. The van der Waals surface area contributed by atoms with Crippen molar-refractivity contribution in [2.45, 2.75) is 226 Å². The maximum absolute atomic E-state index is 5.13. The molecule has 0 aliphatic rings. The van der Waals surface area contributed by atoms with Gasteiger partial charge in [0.05, 0.1) is 5.69 Å². The highest BCUT2D eigenvalue weighted by Gasteiger charge is 2.16. The van der Waals surface area contributed by atoms with Gasteiger partial charge in [-0.1, -0.05) is 195 Å². The Morgan fingerprint density at radius 3 is 1.23 bits per heavy atom. The molecule has 0 saturated carbocycles. The van der Waals surface area contributed by atoms with Crippen LogP contribution in [0.4, 0.5) is 0 Å². The third-order valence-corrected chi connectivity index (χ3v) is 9.10. The van der Waals surface area contributed by atoms with Crippen molar-refractivity contribution in [1.29, 1.82) is 0 Å². The predicted molar refractivity (Wildman–Crippen MR) is 181 cm³/mol. The molecule has 236 valence electrons. The molecule has 0 aliphatic heterocycles. The number of aromatic nitrogens is 2. The van der Waals surface area contributed by atoms with Crippen LogP contribution in [0.2, 0.25) is 0 Å². The Morgan fingerprint density at radius 2 is 0.850 bits per heavy atom. The molecule has 2 heteroatoms. The predicted octanol–water partition coefficient (Wildman–Crippen LogP) is 13.7. The van der Waals surface area contributed by atoms with Gasteiger partial charge in [-0.2, -0.15) is 0 Å². The highest BCUT2D eigenvalue weighted by atomic mass is 15.1. The van der Waals surface area contributed by atoms with Crippen LogP contribution >= 0.6 is 0 Å². The topological polar surface area (TPSA) is 17.8 Å². The van der Waals surface area contributed by atoms with Crippen molar-refractivity contribution in [3.05, 3.63) is 17.7 Å². The summed E-state index contributed by atoms with van der Waals surface area (Å²) in [6.07, 6.45) is 40.8. The Morgan fingerprint density at radius 1 is 0.500 bits per heavy atom. The van der Waals surface area contributed by atoms with Gasteiger partial charge in [0.1, 0.15) is 5.82 Å². The van der Waals surface area contributed by atoms with Gasteiger partial charge in [0, 0.05) is 18.7 Å². The molecule has 0 radical (unpaired) electrons. The van der Waals surface area contributed by atoms with Gasteiger partial charge in [-0.3, -0.25) is 0 Å². The first-order valence-electron chi connectivity index (χ1n) is 18.7. The molecule has 0 fully saturated rings. The Labute approximate surface area is 253 Å². The minimum absolute atomic E-state index is 0.523. The molecule has 1 atom stereocenters. The molecule has 0 bridgehead atoms. The van der Waals surface area contributed by atoms with E-state index >= 15 is 0 Å². The van der Waals surface area contributed by atoms with Gasteiger partial charge in [0.2, 0.25) is 0 Å². The van der Waals surface area contributed by atoms with Gasteiger partial charge in [-0.25, -0.2) is 4.98 Å². The van der Waals surface area contributed by atoms with Crippen molar-refractivity contribution in [3.8, 4) is 0 Å². The van der Waals surface area contributed by atoms with Crippen LogP contribution in [0.15, 0.2) is 6.20 Å². The summed E-state index contributed by atoms with van der Waals surface area (Å²) >= 11 is 0. The average Bonchev–Trinajstić information content (AvgIpc) is 3.38. The van der Waals surface area contributed by atoms with Crippen LogP contribution in [0.3, 0.4) is 0 Å². The lowest BCUT2D eigenvalue weighted by molar-refractivity contribution is 0.495. The normalized spacial score (nSPS) is 12.6.